The molecule has 0 unspecified atom stereocenters. The molecule has 0 spiro atoms. The van der Waals surface area contributed by atoms with Gasteiger partial charge in [0.25, 0.3) is 0 Å². The number of rotatable bonds is 6. The molecular formula is C26H41N3O3. The summed E-state index contributed by atoms with van der Waals surface area (Å²) in [5, 5.41) is 10.2. The Kier molecular flexibility index (Phi) is 6.81. The standard InChI is InChI=1S/C26H41N3O3/c1-5-27-14-15-28-24(31)32-29-17(2)21-8-9-22-20-7-6-18-16-19(30)10-12-25(18,3)23(20)11-13-26(21,22)4/h16,20-23,27H,5-15H2,1-4H3,(H,28,31)/b29-17+/t20-,21+,22-,23-,25-,26+/m0/s1. The van der Waals surface area contributed by atoms with E-state index in [4.69, 9.17) is 4.84 Å². The number of hydrogen-bond donors (Lipinski definition) is 2. The van der Waals surface area contributed by atoms with Crippen LogP contribution in [0.25, 0.3) is 0 Å². The van der Waals surface area contributed by atoms with Crippen LogP contribution in [-0.4, -0.2) is 37.2 Å². The molecule has 1 amide bonds. The van der Waals surface area contributed by atoms with Gasteiger partial charge < -0.3 is 10.6 Å². The Labute approximate surface area is 193 Å². The molecule has 0 radical (unpaired) electrons. The SMILES string of the molecule is CCNCCNC(=O)O/N=C(\C)[C@H]1CC[C@H]2[C@@H]3CCC4=CC(=O)CC[C@]4(C)[C@H]3CC[C@]12C. The van der Waals surface area contributed by atoms with Crippen molar-refractivity contribution in [3.8, 4) is 0 Å². The molecule has 0 heterocycles. The molecule has 32 heavy (non-hydrogen) atoms. The maximum absolute atomic E-state index is 12.0. The molecule has 4 aliphatic rings. The maximum Gasteiger partial charge on any atom is 0.433 e. The Morgan fingerprint density at radius 1 is 1.12 bits per heavy atom. The van der Waals surface area contributed by atoms with Gasteiger partial charge in [-0.15, -0.1) is 0 Å². The summed E-state index contributed by atoms with van der Waals surface area (Å²) in [5.41, 5.74) is 2.83. The normalized spacial score (nSPS) is 38.9. The molecule has 3 saturated carbocycles. The number of allylic oxidation sites excluding steroid dienone is 1. The molecule has 6 atom stereocenters. The predicted molar refractivity (Wildman–Crippen MR) is 126 cm³/mol. The number of carbonyl (C=O) groups is 2. The summed E-state index contributed by atoms with van der Waals surface area (Å²) in [7, 11) is 0. The Hall–Kier alpha value is -1.69. The summed E-state index contributed by atoms with van der Waals surface area (Å²) in [6.45, 7) is 11.1. The second-order valence-electron chi connectivity index (χ2n) is 11.0. The molecule has 0 aromatic rings. The van der Waals surface area contributed by atoms with Crippen LogP contribution in [0.2, 0.25) is 0 Å². The lowest BCUT2D eigenvalue weighted by Gasteiger charge is -2.58. The Bertz CT molecular complexity index is 806. The van der Waals surface area contributed by atoms with Gasteiger partial charge in [0.2, 0.25) is 0 Å². The van der Waals surface area contributed by atoms with Crippen LogP contribution >= 0.6 is 0 Å². The summed E-state index contributed by atoms with van der Waals surface area (Å²) in [5.74, 6) is 2.83. The van der Waals surface area contributed by atoms with Crippen molar-refractivity contribution < 1.29 is 14.4 Å². The van der Waals surface area contributed by atoms with E-state index in [9.17, 15) is 9.59 Å². The number of likely N-dealkylation sites (N-methyl/N-ethyl adjacent to an activating group) is 1. The molecule has 4 rings (SSSR count). The van der Waals surface area contributed by atoms with Crippen LogP contribution in [0.15, 0.2) is 16.8 Å². The molecular weight excluding hydrogens is 402 g/mol. The summed E-state index contributed by atoms with van der Waals surface area (Å²) < 4.78 is 0. The van der Waals surface area contributed by atoms with E-state index < -0.39 is 6.09 Å². The van der Waals surface area contributed by atoms with Crippen molar-refractivity contribution in [1.82, 2.24) is 10.6 Å². The second-order valence-corrected chi connectivity index (χ2v) is 11.0. The van der Waals surface area contributed by atoms with Crippen LogP contribution in [0.5, 0.6) is 0 Å². The van der Waals surface area contributed by atoms with Gasteiger partial charge >= 0.3 is 6.09 Å². The van der Waals surface area contributed by atoms with E-state index in [1.165, 1.54) is 31.3 Å². The summed E-state index contributed by atoms with van der Waals surface area (Å²) in [4.78, 5) is 29.2. The van der Waals surface area contributed by atoms with E-state index in [0.717, 1.165) is 44.0 Å². The van der Waals surface area contributed by atoms with E-state index >= 15 is 0 Å². The fourth-order valence-corrected chi connectivity index (χ4v) is 7.88. The summed E-state index contributed by atoms with van der Waals surface area (Å²) in [6.07, 6.45) is 10.4. The lowest BCUT2D eigenvalue weighted by atomic mass is 9.46. The topological polar surface area (TPSA) is 79.8 Å². The van der Waals surface area contributed by atoms with Gasteiger partial charge in [0.1, 0.15) is 0 Å². The Morgan fingerprint density at radius 3 is 2.72 bits per heavy atom. The highest BCUT2D eigenvalue weighted by Gasteiger charge is 2.59. The smallest absolute Gasteiger partial charge is 0.318 e. The average Bonchev–Trinajstić information content (AvgIpc) is 3.13. The largest absolute Gasteiger partial charge is 0.433 e. The molecule has 2 N–H and O–H groups in total. The molecule has 0 aromatic heterocycles. The van der Waals surface area contributed by atoms with Gasteiger partial charge in [-0.05, 0) is 93.1 Å². The van der Waals surface area contributed by atoms with Crippen molar-refractivity contribution >= 4 is 17.6 Å². The van der Waals surface area contributed by atoms with Crippen molar-refractivity contribution in [1.29, 1.82) is 0 Å². The van der Waals surface area contributed by atoms with Crippen LogP contribution in [-0.2, 0) is 9.63 Å². The van der Waals surface area contributed by atoms with E-state index in [0.29, 0.717) is 36.5 Å². The number of nitrogens with one attached hydrogen (secondary N) is 2. The molecule has 0 aromatic carbocycles. The number of ketones is 1. The predicted octanol–water partition coefficient (Wildman–Crippen LogP) is 4.85. The zero-order valence-electron chi connectivity index (χ0n) is 20.3. The minimum absolute atomic E-state index is 0.215. The first-order valence-electron chi connectivity index (χ1n) is 12.7. The number of carbonyl (C=O) groups excluding carboxylic acids is 2. The van der Waals surface area contributed by atoms with E-state index in [-0.39, 0.29) is 10.8 Å². The van der Waals surface area contributed by atoms with Gasteiger partial charge in [0, 0.05) is 25.4 Å². The Morgan fingerprint density at radius 2 is 1.94 bits per heavy atom. The highest BCUT2D eigenvalue weighted by Crippen LogP contribution is 2.66. The lowest BCUT2D eigenvalue weighted by Crippen LogP contribution is -2.51. The molecule has 0 aliphatic heterocycles. The average molecular weight is 444 g/mol. The zero-order chi connectivity index (χ0) is 22.9. The van der Waals surface area contributed by atoms with Gasteiger partial charge in [-0.25, -0.2) is 4.79 Å². The third-order valence-electron chi connectivity index (χ3n) is 9.56. The van der Waals surface area contributed by atoms with Gasteiger partial charge in [-0.1, -0.05) is 31.5 Å². The van der Waals surface area contributed by atoms with Crippen molar-refractivity contribution in [3.63, 3.8) is 0 Å². The lowest BCUT2D eigenvalue weighted by molar-refractivity contribution is -0.117. The third kappa shape index (κ3) is 4.15. The van der Waals surface area contributed by atoms with Crippen LogP contribution < -0.4 is 10.6 Å². The number of oxime groups is 1. The number of fused-ring (bicyclic) bond motifs is 5. The van der Waals surface area contributed by atoms with Crippen LogP contribution in [0.4, 0.5) is 4.79 Å². The van der Waals surface area contributed by atoms with Gasteiger partial charge in [0.15, 0.2) is 5.78 Å². The quantitative estimate of drug-likeness (QED) is 0.266. The van der Waals surface area contributed by atoms with Crippen LogP contribution in [0.3, 0.4) is 0 Å². The monoisotopic (exact) mass is 443 g/mol. The fourth-order valence-electron chi connectivity index (χ4n) is 7.88. The van der Waals surface area contributed by atoms with Crippen molar-refractivity contribution in [2.45, 2.75) is 79.1 Å². The zero-order valence-corrected chi connectivity index (χ0v) is 20.3. The maximum atomic E-state index is 12.0. The third-order valence-corrected chi connectivity index (χ3v) is 9.56. The van der Waals surface area contributed by atoms with E-state index in [1.54, 1.807) is 0 Å². The molecule has 6 nitrogen and oxygen atoms in total. The minimum atomic E-state index is -0.475. The van der Waals surface area contributed by atoms with E-state index in [2.05, 4.69) is 29.6 Å². The van der Waals surface area contributed by atoms with Gasteiger partial charge in [-0.3, -0.25) is 9.63 Å². The molecule has 4 aliphatic carbocycles. The number of amides is 1. The second kappa shape index (κ2) is 9.28. The van der Waals surface area contributed by atoms with Crippen molar-refractivity contribution in [2.24, 2.45) is 39.7 Å². The first-order chi connectivity index (χ1) is 15.3. The number of hydrogen-bond acceptors (Lipinski definition) is 5. The van der Waals surface area contributed by atoms with Crippen molar-refractivity contribution in [2.75, 3.05) is 19.6 Å². The number of nitrogens with zero attached hydrogens (tertiary/aromatic N) is 1. The first kappa shape index (κ1) is 23.5. The highest BCUT2D eigenvalue weighted by molar-refractivity contribution is 5.91. The molecule has 0 bridgehead atoms. The first-order valence-corrected chi connectivity index (χ1v) is 12.7. The molecule has 0 saturated heterocycles. The van der Waals surface area contributed by atoms with E-state index in [1.807, 2.05) is 19.9 Å². The molecule has 178 valence electrons. The molecule has 3 fully saturated rings. The van der Waals surface area contributed by atoms with Crippen molar-refractivity contribution in [3.05, 3.63) is 11.6 Å². The summed E-state index contributed by atoms with van der Waals surface area (Å²) >= 11 is 0. The minimum Gasteiger partial charge on any atom is -0.318 e. The van der Waals surface area contributed by atoms with Gasteiger partial charge in [0.05, 0.1) is 5.71 Å². The summed E-state index contributed by atoms with van der Waals surface area (Å²) in [6, 6.07) is 0. The Balaban J connectivity index is 1.42. The van der Waals surface area contributed by atoms with Crippen LogP contribution in [0, 0.1) is 34.5 Å². The molecule has 6 heteroatoms. The van der Waals surface area contributed by atoms with Gasteiger partial charge in [-0.2, -0.15) is 0 Å². The highest BCUT2D eigenvalue weighted by atomic mass is 16.7. The fraction of sp³-hybridized carbons (Fsp3) is 0.808. The van der Waals surface area contributed by atoms with Crippen LogP contribution in [0.1, 0.15) is 79.1 Å².